The van der Waals surface area contributed by atoms with Gasteiger partial charge in [-0.15, -0.1) is 0 Å². The van der Waals surface area contributed by atoms with E-state index >= 15 is 0 Å². The van der Waals surface area contributed by atoms with E-state index in [2.05, 4.69) is 5.32 Å². The van der Waals surface area contributed by atoms with E-state index in [0.29, 0.717) is 18.5 Å². The van der Waals surface area contributed by atoms with Crippen LogP contribution < -0.4 is 10.2 Å². The Kier molecular flexibility index (Phi) is 5.74. The summed E-state index contributed by atoms with van der Waals surface area (Å²) in [5, 5.41) is 12.0. The van der Waals surface area contributed by atoms with Gasteiger partial charge in [0.2, 0.25) is 5.91 Å². The maximum absolute atomic E-state index is 13.0. The van der Waals surface area contributed by atoms with E-state index in [0.717, 1.165) is 6.07 Å². The molecule has 1 saturated heterocycles. The van der Waals surface area contributed by atoms with Crippen LogP contribution in [0.3, 0.4) is 0 Å². The van der Waals surface area contributed by atoms with Gasteiger partial charge in [0.25, 0.3) is 9.84 Å². The summed E-state index contributed by atoms with van der Waals surface area (Å²) in [6, 6.07) is 11.0. The standard InChI is InChI=1S/C19H19F3N2O4S/c20-19(21,22)29(27,28)17-4-2-1-3-16(17)24-11-9-13(10-12-24)18(26)23-14-5-7-15(25)8-6-14/h1-8,13,25H,9-12H2,(H,23,26). The molecule has 1 heterocycles. The number of benzene rings is 2. The van der Waals surface area contributed by atoms with Gasteiger partial charge in [-0.25, -0.2) is 8.42 Å². The summed E-state index contributed by atoms with van der Waals surface area (Å²) in [7, 11) is -5.47. The minimum atomic E-state index is -5.47. The quantitative estimate of drug-likeness (QED) is 0.728. The van der Waals surface area contributed by atoms with E-state index in [1.54, 1.807) is 17.0 Å². The lowest BCUT2D eigenvalue weighted by Gasteiger charge is -2.34. The number of carbonyl (C=O) groups excluding carboxylic acids is 1. The second kappa shape index (κ2) is 7.94. The third-order valence-corrected chi connectivity index (χ3v) is 6.33. The number of sulfone groups is 1. The fourth-order valence-corrected chi connectivity index (χ4v) is 4.22. The summed E-state index contributed by atoms with van der Waals surface area (Å²) in [5.74, 6) is -0.512. The van der Waals surface area contributed by atoms with Crippen molar-refractivity contribution < 1.29 is 31.5 Å². The molecular weight excluding hydrogens is 409 g/mol. The predicted molar refractivity (Wildman–Crippen MR) is 101 cm³/mol. The molecule has 29 heavy (non-hydrogen) atoms. The highest BCUT2D eigenvalue weighted by atomic mass is 32.2. The van der Waals surface area contributed by atoms with Gasteiger partial charge in [0.15, 0.2) is 0 Å². The first kappa shape index (κ1) is 21.0. The molecule has 1 amide bonds. The molecule has 3 rings (SSSR count). The van der Waals surface area contributed by atoms with Crippen LogP contribution in [0.5, 0.6) is 5.75 Å². The first-order valence-corrected chi connectivity index (χ1v) is 10.3. The topological polar surface area (TPSA) is 86.7 Å². The summed E-state index contributed by atoms with van der Waals surface area (Å²) >= 11 is 0. The number of phenolic OH excluding ortho intramolecular Hbond substituents is 1. The number of aromatic hydroxyl groups is 1. The molecule has 0 aliphatic carbocycles. The van der Waals surface area contributed by atoms with Gasteiger partial charge in [-0.2, -0.15) is 13.2 Å². The van der Waals surface area contributed by atoms with Crippen LogP contribution in [-0.2, 0) is 14.6 Å². The Hall–Kier alpha value is -2.75. The Morgan fingerprint density at radius 2 is 1.62 bits per heavy atom. The molecule has 2 aromatic rings. The van der Waals surface area contributed by atoms with Crippen LogP contribution >= 0.6 is 0 Å². The molecule has 0 spiro atoms. The zero-order valence-electron chi connectivity index (χ0n) is 15.2. The summed E-state index contributed by atoms with van der Waals surface area (Å²) in [4.78, 5) is 13.2. The number of piperidine rings is 1. The average molecular weight is 428 g/mol. The van der Waals surface area contributed by atoms with Crippen molar-refractivity contribution in [3.63, 3.8) is 0 Å². The van der Waals surface area contributed by atoms with Crippen LogP contribution in [0.4, 0.5) is 24.5 Å². The van der Waals surface area contributed by atoms with E-state index < -0.39 is 20.2 Å². The highest BCUT2D eigenvalue weighted by Crippen LogP contribution is 2.37. The number of carbonyl (C=O) groups is 1. The van der Waals surface area contributed by atoms with Crippen molar-refractivity contribution in [2.24, 2.45) is 5.92 Å². The molecular formula is C19H19F3N2O4S. The Balaban J connectivity index is 1.70. The van der Waals surface area contributed by atoms with Gasteiger partial charge in [-0.05, 0) is 49.2 Å². The van der Waals surface area contributed by atoms with E-state index in [9.17, 15) is 31.5 Å². The van der Waals surface area contributed by atoms with Crippen LogP contribution in [0.1, 0.15) is 12.8 Å². The Morgan fingerprint density at radius 3 is 2.21 bits per heavy atom. The number of phenols is 1. The number of para-hydroxylation sites is 1. The first-order valence-electron chi connectivity index (χ1n) is 8.85. The van der Waals surface area contributed by atoms with Gasteiger partial charge in [0.05, 0.1) is 10.6 Å². The molecule has 1 fully saturated rings. The third kappa shape index (κ3) is 4.47. The monoisotopic (exact) mass is 428 g/mol. The SMILES string of the molecule is O=C(Nc1ccc(O)cc1)C1CCN(c2ccccc2S(=O)(=O)C(F)(F)F)CC1. The third-order valence-electron chi connectivity index (χ3n) is 4.80. The van der Waals surface area contributed by atoms with E-state index in [4.69, 9.17) is 0 Å². The Labute approximate surface area is 165 Å². The fourth-order valence-electron chi connectivity index (χ4n) is 3.24. The number of rotatable bonds is 4. The fraction of sp³-hybridized carbons (Fsp3) is 0.316. The van der Waals surface area contributed by atoms with Gasteiger partial charge in [-0.3, -0.25) is 4.79 Å². The van der Waals surface area contributed by atoms with Crippen LogP contribution in [0.25, 0.3) is 0 Å². The summed E-state index contributed by atoms with van der Waals surface area (Å²) in [5.41, 5.74) is -4.87. The molecule has 1 aliphatic heterocycles. The summed E-state index contributed by atoms with van der Waals surface area (Å²) in [6.45, 7) is 0.496. The minimum Gasteiger partial charge on any atom is -0.508 e. The molecule has 0 radical (unpaired) electrons. The van der Waals surface area contributed by atoms with Crippen LogP contribution in [0.2, 0.25) is 0 Å². The van der Waals surface area contributed by atoms with Crippen LogP contribution in [-0.4, -0.2) is 38.0 Å². The summed E-state index contributed by atoms with van der Waals surface area (Å²) in [6.07, 6.45) is 0.731. The van der Waals surface area contributed by atoms with Crippen molar-refractivity contribution in [2.75, 3.05) is 23.3 Å². The number of halogens is 3. The predicted octanol–water partition coefficient (Wildman–Crippen LogP) is 3.54. The normalized spacial score (nSPS) is 15.9. The van der Waals surface area contributed by atoms with Crippen molar-refractivity contribution in [1.82, 2.24) is 0 Å². The van der Waals surface area contributed by atoms with Crippen molar-refractivity contribution in [2.45, 2.75) is 23.2 Å². The lowest BCUT2D eigenvalue weighted by molar-refractivity contribution is -0.120. The van der Waals surface area contributed by atoms with Gasteiger partial charge in [-0.1, -0.05) is 12.1 Å². The van der Waals surface area contributed by atoms with Crippen LogP contribution in [0.15, 0.2) is 53.4 Å². The molecule has 0 unspecified atom stereocenters. The van der Waals surface area contributed by atoms with Crippen molar-refractivity contribution in [3.05, 3.63) is 48.5 Å². The molecule has 0 bridgehead atoms. The lowest BCUT2D eigenvalue weighted by atomic mass is 9.95. The van der Waals surface area contributed by atoms with Gasteiger partial charge in [0.1, 0.15) is 5.75 Å². The number of hydrogen-bond donors (Lipinski definition) is 2. The van der Waals surface area contributed by atoms with Crippen molar-refractivity contribution in [3.8, 4) is 5.75 Å². The largest absolute Gasteiger partial charge is 0.508 e. The molecule has 10 heteroatoms. The zero-order valence-corrected chi connectivity index (χ0v) is 16.0. The summed E-state index contributed by atoms with van der Waals surface area (Å²) < 4.78 is 62.7. The molecule has 2 aromatic carbocycles. The number of anilines is 2. The maximum Gasteiger partial charge on any atom is 0.501 e. The smallest absolute Gasteiger partial charge is 0.501 e. The molecule has 0 atom stereocenters. The lowest BCUT2D eigenvalue weighted by Crippen LogP contribution is -2.39. The average Bonchev–Trinajstić information content (AvgIpc) is 2.69. The molecule has 156 valence electrons. The van der Waals surface area contributed by atoms with Crippen molar-refractivity contribution in [1.29, 1.82) is 0 Å². The number of amides is 1. The second-order valence-corrected chi connectivity index (χ2v) is 8.62. The van der Waals surface area contributed by atoms with E-state index in [1.165, 1.54) is 30.3 Å². The maximum atomic E-state index is 13.0. The molecule has 2 N–H and O–H groups in total. The van der Waals surface area contributed by atoms with Gasteiger partial charge in [0, 0.05) is 24.7 Å². The van der Waals surface area contributed by atoms with Gasteiger partial charge < -0.3 is 15.3 Å². The Bertz CT molecular complexity index is 983. The number of hydrogen-bond acceptors (Lipinski definition) is 5. The van der Waals surface area contributed by atoms with E-state index in [-0.39, 0.29) is 36.4 Å². The molecule has 6 nitrogen and oxygen atoms in total. The van der Waals surface area contributed by atoms with Crippen LogP contribution in [0, 0.1) is 5.92 Å². The molecule has 0 saturated carbocycles. The highest BCUT2D eigenvalue weighted by Gasteiger charge is 2.48. The van der Waals surface area contributed by atoms with E-state index in [1.807, 2.05) is 0 Å². The first-order chi connectivity index (χ1) is 13.6. The van der Waals surface area contributed by atoms with Gasteiger partial charge >= 0.3 is 5.51 Å². The zero-order chi connectivity index (χ0) is 21.2. The second-order valence-electron chi connectivity index (χ2n) is 6.71. The number of nitrogens with zero attached hydrogens (tertiary/aromatic N) is 1. The minimum absolute atomic E-state index is 0.0118. The molecule has 0 aromatic heterocycles. The molecule has 1 aliphatic rings. The Morgan fingerprint density at radius 1 is 1.03 bits per heavy atom. The van der Waals surface area contributed by atoms with Crippen molar-refractivity contribution >= 4 is 27.1 Å². The number of alkyl halides is 3. The highest BCUT2D eigenvalue weighted by molar-refractivity contribution is 7.92. The number of nitrogens with one attached hydrogen (secondary N) is 1.